The first-order chi connectivity index (χ1) is 14.6. The number of amides is 3. The quantitative estimate of drug-likeness (QED) is 0.429. The molecule has 1 saturated heterocycles. The van der Waals surface area contributed by atoms with Crippen molar-refractivity contribution in [2.45, 2.75) is 51.7 Å². The SMILES string of the molecule is CC(C)=C(F)C(C)NC(=O)[C@@H]1C[C@H]2C[C@H]2N1C(=O)CNc1ccccc1C(=[NH2+])C(N)=O. The molecule has 8 nitrogen and oxygen atoms in total. The van der Waals surface area contributed by atoms with E-state index in [-0.39, 0.29) is 35.9 Å². The molecule has 31 heavy (non-hydrogen) atoms. The largest absolute Gasteiger partial charge is 0.375 e. The molecule has 1 aromatic rings. The number of hydrogen-bond acceptors (Lipinski definition) is 4. The Labute approximate surface area is 180 Å². The number of benzene rings is 1. The molecule has 166 valence electrons. The highest BCUT2D eigenvalue weighted by atomic mass is 19.1. The maximum Gasteiger partial charge on any atom is 0.313 e. The summed E-state index contributed by atoms with van der Waals surface area (Å²) in [6, 6.07) is 5.44. The molecule has 6 N–H and O–H groups in total. The average molecular weight is 431 g/mol. The zero-order valence-corrected chi connectivity index (χ0v) is 17.9. The molecule has 0 bridgehead atoms. The van der Waals surface area contributed by atoms with Crippen molar-refractivity contribution in [3.05, 3.63) is 41.2 Å². The van der Waals surface area contributed by atoms with E-state index in [1.54, 1.807) is 49.9 Å². The minimum absolute atomic E-state index is 0.0335. The van der Waals surface area contributed by atoms with E-state index in [2.05, 4.69) is 10.6 Å². The Kier molecular flexibility index (Phi) is 6.42. The molecule has 3 amide bonds. The highest BCUT2D eigenvalue weighted by Crippen LogP contribution is 2.47. The van der Waals surface area contributed by atoms with Gasteiger partial charge in [-0.2, -0.15) is 0 Å². The van der Waals surface area contributed by atoms with Crippen LogP contribution in [0.15, 0.2) is 35.7 Å². The number of carbonyl (C=O) groups excluding carboxylic acids is 3. The molecule has 9 heteroatoms. The molecule has 3 rings (SSSR count). The summed E-state index contributed by atoms with van der Waals surface area (Å²) in [6.45, 7) is 4.79. The van der Waals surface area contributed by atoms with E-state index in [9.17, 15) is 18.8 Å². The third-order valence-corrected chi connectivity index (χ3v) is 5.82. The molecular formula is C22H29FN5O3+. The van der Waals surface area contributed by atoms with E-state index >= 15 is 0 Å². The molecule has 2 aliphatic rings. The van der Waals surface area contributed by atoms with E-state index in [4.69, 9.17) is 11.1 Å². The fourth-order valence-electron chi connectivity index (χ4n) is 4.12. The van der Waals surface area contributed by atoms with Crippen LogP contribution in [0, 0.1) is 5.92 Å². The molecule has 4 atom stereocenters. The number of likely N-dealkylation sites (tertiary alicyclic amines) is 1. The van der Waals surface area contributed by atoms with Gasteiger partial charge in [-0.3, -0.25) is 14.4 Å². The van der Waals surface area contributed by atoms with Gasteiger partial charge < -0.3 is 21.3 Å². The predicted molar refractivity (Wildman–Crippen MR) is 114 cm³/mol. The summed E-state index contributed by atoms with van der Waals surface area (Å²) in [6.07, 6.45) is 1.44. The molecule has 1 heterocycles. The van der Waals surface area contributed by atoms with Crippen LogP contribution in [0.25, 0.3) is 0 Å². The van der Waals surface area contributed by atoms with Crippen LogP contribution in [-0.4, -0.2) is 53.0 Å². The van der Waals surface area contributed by atoms with Crippen molar-refractivity contribution in [3.63, 3.8) is 0 Å². The van der Waals surface area contributed by atoms with Crippen molar-refractivity contribution < 1.29 is 24.2 Å². The third-order valence-electron chi connectivity index (χ3n) is 5.82. The number of hydrogen-bond donors (Lipinski definition) is 4. The van der Waals surface area contributed by atoms with Crippen molar-refractivity contribution in [3.8, 4) is 0 Å². The second-order valence-electron chi connectivity index (χ2n) is 8.37. The number of carbonyl (C=O) groups is 3. The van der Waals surface area contributed by atoms with Gasteiger partial charge in [0.2, 0.25) is 11.8 Å². The highest BCUT2D eigenvalue weighted by Gasteiger charge is 2.56. The summed E-state index contributed by atoms with van der Waals surface area (Å²) in [7, 11) is 0. The van der Waals surface area contributed by atoms with Crippen molar-refractivity contribution in [1.29, 1.82) is 0 Å². The van der Waals surface area contributed by atoms with Crippen LogP contribution < -0.4 is 21.8 Å². The second kappa shape index (κ2) is 8.87. The predicted octanol–water partition coefficient (Wildman–Crippen LogP) is -0.110. The first-order valence-corrected chi connectivity index (χ1v) is 10.3. The van der Waals surface area contributed by atoms with Gasteiger partial charge in [-0.1, -0.05) is 12.1 Å². The van der Waals surface area contributed by atoms with Gasteiger partial charge in [-0.15, -0.1) is 0 Å². The fraction of sp³-hybridized carbons (Fsp3) is 0.455. The molecular weight excluding hydrogens is 401 g/mol. The topological polar surface area (TPSA) is 130 Å². The van der Waals surface area contributed by atoms with Crippen LogP contribution in [0.2, 0.25) is 0 Å². The number of para-hydroxylation sites is 1. The maximum absolute atomic E-state index is 14.1. The summed E-state index contributed by atoms with van der Waals surface area (Å²) >= 11 is 0. The molecule has 1 aliphatic carbocycles. The Balaban J connectivity index is 1.67. The minimum Gasteiger partial charge on any atom is -0.375 e. The van der Waals surface area contributed by atoms with E-state index < -0.39 is 18.0 Å². The molecule has 0 spiro atoms. The lowest BCUT2D eigenvalue weighted by Crippen LogP contribution is -2.51. The fourth-order valence-corrected chi connectivity index (χ4v) is 4.12. The lowest BCUT2D eigenvalue weighted by molar-refractivity contribution is -0.138. The van der Waals surface area contributed by atoms with E-state index in [0.29, 0.717) is 29.2 Å². The van der Waals surface area contributed by atoms with E-state index in [1.165, 1.54) is 0 Å². The summed E-state index contributed by atoms with van der Waals surface area (Å²) in [5.41, 5.74) is 6.58. The molecule has 1 aromatic carbocycles. The summed E-state index contributed by atoms with van der Waals surface area (Å²) < 4.78 is 14.1. The summed E-state index contributed by atoms with van der Waals surface area (Å²) in [5, 5.41) is 11.5. The maximum atomic E-state index is 14.1. The number of primary amides is 1. The Hall–Kier alpha value is -3.23. The van der Waals surface area contributed by atoms with Crippen LogP contribution >= 0.6 is 0 Å². The number of nitrogens with zero attached hydrogens (tertiary/aromatic N) is 1. The monoisotopic (exact) mass is 430 g/mol. The molecule has 2 fully saturated rings. The summed E-state index contributed by atoms with van der Waals surface area (Å²) in [4.78, 5) is 38.8. The smallest absolute Gasteiger partial charge is 0.313 e. The van der Waals surface area contributed by atoms with Gasteiger partial charge in [0.15, 0.2) is 0 Å². The number of fused-ring (bicyclic) bond motifs is 1. The van der Waals surface area contributed by atoms with Crippen LogP contribution in [0.1, 0.15) is 39.2 Å². The van der Waals surface area contributed by atoms with Gasteiger partial charge in [0, 0.05) is 11.7 Å². The first kappa shape index (κ1) is 22.5. The van der Waals surface area contributed by atoms with E-state index in [1.807, 2.05) is 0 Å². The Morgan fingerprint density at radius 1 is 1.26 bits per heavy atom. The normalized spacial score (nSPS) is 22.2. The van der Waals surface area contributed by atoms with Gasteiger partial charge in [-0.05, 0) is 57.2 Å². The second-order valence-corrected chi connectivity index (χ2v) is 8.37. The third kappa shape index (κ3) is 4.76. The number of anilines is 1. The van der Waals surface area contributed by atoms with Crippen LogP contribution in [-0.2, 0) is 14.4 Å². The Morgan fingerprint density at radius 3 is 2.58 bits per heavy atom. The van der Waals surface area contributed by atoms with Gasteiger partial charge in [-0.25, -0.2) is 9.80 Å². The zero-order chi connectivity index (χ0) is 22.9. The molecule has 1 aliphatic heterocycles. The van der Waals surface area contributed by atoms with Gasteiger partial charge in [0.25, 0.3) is 5.71 Å². The van der Waals surface area contributed by atoms with Crippen LogP contribution in [0.5, 0.6) is 0 Å². The number of nitrogens with two attached hydrogens (primary N) is 2. The van der Waals surface area contributed by atoms with Crippen molar-refractivity contribution >= 4 is 29.1 Å². The summed E-state index contributed by atoms with van der Waals surface area (Å²) in [5.74, 6) is -1.43. The van der Waals surface area contributed by atoms with Crippen molar-refractivity contribution in [1.82, 2.24) is 10.2 Å². The number of piperidine rings is 1. The van der Waals surface area contributed by atoms with Crippen molar-refractivity contribution in [2.24, 2.45) is 11.7 Å². The number of halogens is 1. The lowest BCUT2D eigenvalue weighted by Gasteiger charge is -2.28. The Morgan fingerprint density at radius 2 is 1.94 bits per heavy atom. The van der Waals surface area contributed by atoms with Gasteiger partial charge >= 0.3 is 5.91 Å². The zero-order valence-electron chi connectivity index (χ0n) is 17.9. The first-order valence-electron chi connectivity index (χ1n) is 10.3. The minimum atomic E-state index is -0.754. The number of rotatable bonds is 8. The molecule has 0 radical (unpaired) electrons. The average Bonchev–Trinajstić information content (AvgIpc) is 3.39. The van der Waals surface area contributed by atoms with Crippen LogP contribution in [0.4, 0.5) is 10.1 Å². The highest BCUT2D eigenvalue weighted by molar-refractivity contribution is 6.43. The lowest BCUT2D eigenvalue weighted by atomic mass is 10.1. The van der Waals surface area contributed by atoms with Gasteiger partial charge in [0.05, 0.1) is 18.2 Å². The molecule has 1 saturated carbocycles. The molecule has 0 aromatic heterocycles. The molecule has 1 unspecified atom stereocenters. The number of nitrogens with one attached hydrogen (secondary N) is 2. The standard InChI is InChI=1S/C22H28FN5O3/c1-11(2)19(23)12(3)27-22(31)17-9-13-8-16(13)28(17)18(29)10-26-15-7-5-4-6-14(15)20(24)21(25)30/h4-7,12-13,16-17,24,26H,8-10H2,1-3H3,(H2,25,30)(H,27,31)/p+1/t12?,13-,16-,17+/m1/s1. The van der Waals surface area contributed by atoms with E-state index in [0.717, 1.165) is 6.42 Å². The number of allylic oxidation sites excluding steroid dienone is 1. The van der Waals surface area contributed by atoms with Gasteiger partial charge in [0.1, 0.15) is 11.9 Å². The Bertz CT molecular complexity index is 956. The van der Waals surface area contributed by atoms with Crippen molar-refractivity contribution in [2.75, 3.05) is 11.9 Å². The van der Waals surface area contributed by atoms with Crippen LogP contribution in [0.3, 0.4) is 0 Å².